The molecule has 0 N–H and O–H groups in total. The third-order valence-electron chi connectivity index (χ3n) is 3.12. The van der Waals surface area contributed by atoms with Gasteiger partial charge >= 0.3 is 11.7 Å². The molecule has 1 fully saturated rings. The van der Waals surface area contributed by atoms with Gasteiger partial charge in [0.2, 0.25) is 0 Å². The number of benzene rings is 1. The van der Waals surface area contributed by atoms with E-state index in [2.05, 4.69) is 24.3 Å². The van der Waals surface area contributed by atoms with Gasteiger partial charge in [0.25, 0.3) is 0 Å². The summed E-state index contributed by atoms with van der Waals surface area (Å²) in [5.41, 5.74) is -5.65. The zero-order valence-corrected chi connectivity index (χ0v) is 15.5. The monoisotopic (exact) mass is 416 g/mol. The maximum atomic E-state index is 11.4. The molecule has 0 aliphatic carbocycles. The number of rotatable bonds is 4. The van der Waals surface area contributed by atoms with Crippen LogP contribution in [0.5, 0.6) is 0 Å². The topological polar surface area (TPSA) is 92.7 Å². The molecule has 1 saturated heterocycles. The van der Waals surface area contributed by atoms with Crippen LogP contribution >= 0.6 is 0 Å². The molecule has 0 saturated carbocycles. The second-order valence-electron chi connectivity index (χ2n) is 5.20. The Kier molecular flexibility index (Phi) is 8.71. The summed E-state index contributed by atoms with van der Waals surface area (Å²) < 4.78 is 69.1. The number of hydrogen-bond acceptors (Lipinski definition) is 6. The standard InChI is InChI=1S/C14H19O3S.CHF3O3S/c1-2-9-16-14(15)17-12-8-10-18(11-12)13-6-4-3-5-7-13;2-1(3,4)8(5,6)7/h3-7,12H,2,8-11H2,1H3;(H,5,6,7)/q+1;/p-1. The van der Waals surface area contributed by atoms with Crippen LogP contribution in [0.25, 0.3) is 0 Å². The molecule has 0 spiro atoms. The van der Waals surface area contributed by atoms with E-state index in [9.17, 15) is 18.0 Å². The van der Waals surface area contributed by atoms with E-state index in [1.165, 1.54) is 4.90 Å². The maximum Gasteiger partial charge on any atom is 0.508 e. The second kappa shape index (κ2) is 10.0. The molecule has 1 aliphatic rings. The van der Waals surface area contributed by atoms with Crippen LogP contribution in [0, 0.1) is 0 Å². The van der Waals surface area contributed by atoms with Gasteiger partial charge in [-0.3, -0.25) is 0 Å². The highest BCUT2D eigenvalue weighted by Gasteiger charge is 2.37. The SMILES string of the molecule is CCCOC(=O)OC1CC[S+](c2ccccc2)C1.O=S(=O)([O-])C(F)(F)F. The third kappa shape index (κ3) is 7.83. The lowest BCUT2D eigenvalue weighted by Gasteiger charge is -2.08. The van der Waals surface area contributed by atoms with Crippen LogP contribution < -0.4 is 0 Å². The summed E-state index contributed by atoms with van der Waals surface area (Å²) in [4.78, 5) is 12.7. The summed E-state index contributed by atoms with van der Waals surface area (Å²) in [6.07, 6.45) is 1.28. The normalized spacial score (nSPS) is 20.0. The first-order valence-corrected chi connectivity index (χ1v) is 10.6. The molecule has 148 valence electrons. The summed E-state index contributed by atoms with van der Waals surface area (Å²) >= 11 is 0. The molecule has 2 unspecified atom stereocenters. The summed E-state index contributed by atoms with van der Waals surface area (Å²) in [6.45, 7) is 2.41. The van der Waals surface area contributed by atoms with Gasteiger partial charge in [-0.1, -0.05) is 25.1 Å². The first kappa shape index (κ1) is 22.6. The fourth-order valence-electron chi connectivity index (χ4n) is 1.94. The highest BCUT2D eigenvalue weighted by Crippen LogP contribution is 2.25. The predicted molar refractivity (Wildman–Crippen MR) is 88.7 cm³/mol. The molecule has 2 rings (SSSR count). The quantitative estimate of drug-likeness (QED) is 0.324. The van der Waals surface area contributed by atoms with Gasteiger partial charge in [0.05, 0.1) is 6.61 Å². The molecule has 0 bridgehead atoms. The van der Waals surface area contributed by atoms with Crippen LogP contribution in [-0.2, 0) is 30.5 Å². The first-order valence-electron chi connectivity index (χ1n) is 7.62. The van der Waals surface area contributed by atoms with Crippen molar-refractivity contribution >= 4 is 27.2 Å². The Balaban J connectivity index is 0.000000359. The van der Waals surface area contributed by atoms with Crippen molar-refractivity contribution in [1.82, 2.24) is 0 Å². The molecule has 26 heavy (non-hydrogen) atoms. The predicted octanol–water partition coefficient (Wildman–Crippen LogP) is 3.05. The zero-order valence-electron chi connectivity index (χ0n) is 13.9. The number of carbonyl (C=O) groups excluding carboxylic acids is 1. The lowest BCUT2D eigenvalue weighted by molar-refractivity contribution is -0.0517. The van der Waals surface area contributed by atoms with Crippen LogP contribution in [-0.4, -0.2) is 48.9 Å². The number of hydrogen-bond donors (Lipinski definition) is 0. The van der Waals surface area contributed by atoms with Gasteiger partial charge in [-0.2, -0.15) is 13.2 Å². The summed E-state index contributed by atoms with van der Waals surface area (Å²) in [6, 6.07) is 10.5. The molecule has 2 atom stereocenters. The Morgan fingerprint density at radius 3 is 2.38 bits per heavy atom. The van der Waals surface area contributed by atoms with Crippen molar-refractivity contribution in [1.29, 1.82) is 0 Å². The van der Waals surface area contributed by atoms with E-state index in [4.69, 9.17) is 22.4 Å². The van der Waals surface area contributed by atoms with Crippen molar-refractivity contribution in [2.24, 2.45) is 0 Å². The van der Waals surface area contributed by atoms with Crippen molar-refractivity contribution < 1.29 is 40.4 Å². The third-order valence-corrected chi connectivity index (χ3v) is 6.13. The molecule has 11 heteroatoms. The lowest BCUT2D eigenvalue weighted by atomic mass is 10.3. The highest BCUT2D eigenvalue weighted by atomic mass is 32.2. The van der Waals surface area contributed by atoms with Gasteiger partial charge in [0, 0.05) is 17.3 Å². The van der Waals surface area contributed by atoms with Crippen LogP contribution in [0.15, 0.2) is 35.2 Å². The molecule has 0 amide bonds. The van der Waals surface area contributed by atoms with Crippen LogP contribution in [0.2, 0.25) is 0 Å². The van der Waals surface area contributed by atoms with Crippen molar-refractivity contribution in [2.45, 2.75) is 36.3 Å². The molecule has 6 nitrogen and oxygen atoms in total. The van der Waals surface area contributed by atoms with Crippen molar-refractivity contribution in [2.75, 3.05) is 18.1 Å². The Morgan fingerprint density at radius 2 is 1.88 bits per heavy atom. The molecular weight excluding hydrogens is 397 g/mol. The fourth-order valence-corrected chi connectivity index (χ4v) is 4.31. The molecule has 1 aromatic carbocycles. The van der Waals surface area contributed by atoms with Gasteiger partial charge in [-0.15, -0.1) is 0 Å². The van der Waals surface area contributed by atoms with Gasteiger partial charge in [-0.05, 0) is 18.6 Å². The summed E-state index contributed by atoms with van der Waals surface area (Å²) in [5.74, 6) is 2.04. The van der Waals surface area contributed by atoms with E-state index in [0.29, 0.717) is 6.61 Å². The number of carbonyl (C=O) groups is 1. The smallest absolute Gasteiger partial charge is 0.508 e. The van der Waals surface area contributed by atoms with E-state index in [-0.39, 0.29) is 17.0 Å². The summed E-state index contributed by atoms with van der Waals surface area (Å²) in [5, 5.41) is 0. The lowest BCUT2D eigenvalue weighted by Crippen LogP contribution is -2.21. The average molecular weight is 416 g/mol. The largest absolute Gasteiger partial charge is 0.741 e. The number of halogens is 3. The molecule has 1 aliphatic heterocycles. The minimum atomic E-state index is -6.09. The van der Waals surface area contributed by atoms with Crippen LogP contribution in [0.4, 0.5) is 18.0 Å². The van der Waals surface area contributed by atoms with E-state index in [1.807, 2.05) is 13.0 Å². The van der Waals surface area contributed by atoms with Gasteiger partial charge in [0.1, 0.15) is 5.75 Å². The van der Waals surface area contributed by atoms with Gasteiger partial charge in [-0.25, -0.2) is 13.2 Å². The van der Waals surface area contributed by atoms with Crippen molar-refractivity contribution in [3.63, 3.8) is 0 Å². The summed E-state index contributed by atoms with van der Waals surface area (Å²) in [7, 11) is -5.87. The first-order chi connectivity index (χ1) is 12.0. The Morgan fingerprint density at radius 1 is 1.31 bits per heavy atom. The van der Waals surface area contributed by atoms with E-state index >= 15 is 0 Å². The molecular formula is C15H19F3O6S2. The van der Waals surface area contributed by atoms with Crippen molar-refractivity contribution in [3.8, 4) is 0 Å². The van der Waals surface area contributed by atoms with E-state index in [1.54, 1.807) is 0 Å². The number of alkyl halides is 3. The highest BCUT2D eigenvalue weighted by molar-refractivity contribution is 7.97. The molecule has 1 aromatic rings. The Labute approximate surface area is 152 Å². The Hall–Kier alpha value is -1.46. The Bertz CT molecular complexity index is 664. The minimum Gasteiger partial charge on any atom is -0.741 e. The van der Waals surface area contributed by atoms with Crippen LogP contribution in [0.3, 0.4) is 0 Å². The van der Waals surface area contributed by atoms with E-state index < -0.39 is 21.8 Å². The molecule has 0 radical (unpaired) electrons. The molecule has 1 heterocycles. The average Bonchev–Trinajstić information content (AvgIpc) is 3.01. The zero-order chi connectivity index (χ0) is 19.8. The second-order valence-corrected chi connectivity index (χ2v) is 8.77. The molecule has 0 aromatic heterocycles. The van der Waals surface area contributed by atoms with Crippen molar-refractivity contribution in [3.05, 3.63) is 30.3 Å². The van der Waals surface area contributed by atoms with Gasteiger partial charge < -0.3 is 14.0 Å². The minimum absolute atomic E-state index is 0.0258. The maximum absolute atomic E-state index is 11.4. The fraction of sp³-hybridized carbons (Fsp3) is 0.533. The van der Waals surface area contributed by atoms with E-state index in [0.717, 1.165) is 24.3 Å². The van der Waals surface area contributed by atoms with Gasteiger partial charge in [0.15, 0.2) is 26.9 Å². The number of ether oxygens (including phenoxy) is 2. The van der Waals surface area contributed by atoms with Crippen LogP contribution in [0.1, 0.15) is 19.8 Å².